The summed E-state index contributed by atoms with van der Waals surface area (Å²) in [5.41, 5.74) is 2.02. The highest BCUT2D eigenvalue weighted by Crippen LogP contribution is 2.07. The van der Waals surface area contributed by atoms with E-state index in [1.54, 1.807) is 6.20 Å². The largest absolute Gasteiger partial charge is 0.367 e. The van der Waals surface area contributed by atoms with E-state index in [1.165, 1.54) is 0 Å². The fourth-order valence-electron chi connectivity index (χ4n) is 1.84. The summed E-state index contributed by atoms with van der Waals surface area (Å²) in [6.07, 6.45) is 1.74. The standard InChI is InChI=1S/C15H19N3O2/c1-11-8-16-15(17-11)12(2)18-14(19)10-20-9-13-6-4-3-5-7-13/h3-8,12H,9-10H2,1-2H3,(H,16,17)(H,18,19)/t12-/m1/s1. The molecule has 1 aromatic heterocycles. The van der Waals surface area contributed by atoms with Crippen LogP contribution in [0.15, 0.2) is 36.5 Å². The molecular weight excluding hydrogens is 254 g/mol. The number of nitrogens with zero attached hydrogens (tertiary/aromatic N) is 1. The molecule has 1 aromatic carbocycles. The van der Waals surface area contributed by atoms with Crippen LogP contribution in [-0.2, 0) is 16.1 Å². The molecule has 0 saturated carbocycles. The summed E-state index contributed by atoms with van der Waals surface area (Å²) in [5, 5.41) is 2.84. The van der Waals surface area contributed by atoms with E-state index in [9.17, 15) is 4.79 Å². The van der Waals surface area contributed by atoms with Crippen LogP contribution in [0.2, 0.25) is 0 Å². The van der Waals surface area contributed by atoms with Crippen LogP contribution in [0.5, 0.6) is 0 Å². The average molecular weight is 273 g/mol. The topological polar surface area (TPSA) is 67.0 Å². The van der Waals surface area contributed by atoms with Gasteiger partial charge in [-0.05, 0) is 19.4 Å². The summed E-state index contributed by atoms with van der Waals surface area (Å²) >= 11 is 0. The van der Waals surface area contributed by atoms with Crippen molar-refractivity contribution in [1.29, 1.82) is 0 Å². The number of H-pyrrole nitrogens is 1. The Hall–Kier alpha value is -2.14. The lowest BCUT2D eigenvalue weighted by Gasteiger charge is -2.11. The Morgan fingerprint density at radius 1 is 1.40 bits per heavy atom. The fraction of sp³-hybridized carbons (Fsp3) is 0.333. The quantitative estimate of drug-likeness (QED) is 0.847. The summed E-state index contributed by atoms with van der Waals surface area (Å²) in [7, 11) is 0. The van der Waals surface area contributed by atoms with Crippen LogP contribution in [0.4, 0.5) is 0 Å². The van der Waals surface area contributed by atoms with E-state index < -0.39 is 0 Å². The molecule has 2 rings (SSSR count). The predicted octanol–water partition coefficient (Wildman–Crippen LogP) is 2.11. The van der Waals surface area contributed by atoms with E-state index >= 15 is 0 Å². The van der Waals surface area contributed by atoms with Crippen molar-refractivity contribution in [2.24, 2.45) is 0 Å². The first-order valence-corrected chi connectivity index (χ1v) is 6.57. The highest BCUT2D eigenvalue weighted by atomic mass is 16.5. The van der Waals surface area contributed by atoms with E-state index in [4.69, 9.17) is 4.74 Å². The van der Waals surface area contributed by atoms with Crippen molar-refractivity contribution in [1.82, 2.24) is 15.3 Å². The number of hydrogen-bond acceptors (Lipinski definition) is 3. The van der Waals surface area contributed by atoms with Crippen LogP contribution in [0.25, 0.3) is 0 Å². The van der Waals surface area contributed by atoms with E-state index in [-0.39, 0.29) is 18.6 Å². The molecular formula is C15H19N3O2. The van der Waals surface area contributed by atoms with Gasteiger partial charge in [0.15, 0.2) is 0 Å². The van der Waals surface area contributed by atoms with Gasteiger partial charge in [0.2, 0.25) is 5.91 Å². The van der Waals surface area contributed by atoms with Crippen molar-refractivity contribution in [3.05, 3.63) is 53.6 Å². The smallest absolute Gasteiger partial charge is 0.246 e. The molecule has 2 N–H and O–H groups in total. The minimum atomic E-state index is -0.156. The number of aromatic amines is 1. The van der Waals surface area contributed by atoms with Crippen LogP contribution < -0.4 is 5.32 Å². The van der Waals surface area contributed by atoms with Gasteiger partial charge in [0.25, 0.3) is 0 Å². The summed E-state index contributed by atoms with van der Waals surface area (Å²) < 4.78 is 5.38. The molecule has 1 heterocycles. The number of hydrogen-bond donors (Lipinski definition) is 2. The maximum Gasteiger partial charge on any atom is 0.246 e. The molecule has 0 spiro atoms. The van der Waals surface area contributed by atoms with Gasteiger partial charge in [-0.1, -0.05) is 30.3 Å². The van der Waals surface area contributed by atoms with Gasteiger partial charge >= 0.3 is 0 Å². The first-order valence-electron chi connectivity index (χ1n) is 6.57. The van der Waals surface area contributed by atoms with Crippen molar-refractivity contribution in [2.45, 2.75) is 26.5 Å². The molecule has 0 fully saturated rings. The average Bonchev–Trinajstić information content (AvgIpc) is 2.87. The number of rotatable bonds is 6. The first-order chi connectivity index (χ1) is 9.65. The van der Waals surface area contributed by atoms with E-state index in [1.807, 2.05) is 44.2 Å². The van der Waals surface area contributed by atoms with Crippen LogP contribution in [-0.4, -0.2) is 22.5 Å². The lowest BCUT2D eigenvalue weighted by atomic mass is 10.2. The second kappa shape index (κ2) is 6.86. The zero-order valence-corrected chi connectivity index (χ0v) is 11.7. The third-order valence-corrected chi connectivity index (χ3v) is 2.85. The Bertz CT molecular complexity index is 551. The molecule has 0 radical (unpaired) electrons. The monoisotopic (exact) mass is 273 g/mol. The van der Waals surface area contributed by atoms with Gasteiger partial charge in [0, 0.05) is 11.9 Å². The highest BCUT2D eigenvalue weighted by Gasteiger charge is 2.12. The third-order valence-electron chi connectivity index (χ3n) is 2.85. The lowest BCUT2D eigenvalue weighted by Crippen LogP contribution is -2.30. The fourth-order valence-corrected chi connectivity index (χ4v) is 1.84. The second-order valence-electron chi connectivity index (χ2n) is 4.72. The Labute approximate surface area is 118 Å². The number of benzene rings is 1. The van der Waals surface area contributed by atoms with Crippen molar-refractivity contribution in [2.75, 3.05) is 6.61 Å². The van der Waals surface area contributed by atoms with Gasteiger partial charge in [0.1, 0.15) is 12.4 Å². The molecule has 0 aliphatic rings. The predicted molar refractivity (Wildman–Crippen MR) is 76.0 cm³/mol. The number of nitrogens with one attached hydrogen (secondary N) is 2. The summed E-state index contributed by atoms with van der Waals surface area (Å²) in [6, 6.07) is 9.61. The molecule has 5 heteroatoms. The molecule has 0 aliphatic carbocycles. The maximum atomic E-state index is 11.7. The van der Waals surface area contributed by atoms with Crippen molar-refractivity contribution in [3.8, 4) is 0 Å². The zero-order chi connectivity index (χ0) is 14.4. The summed E-state index contributed by atoms with van der Waals surface area (Å²) in [5.74, 6) is 0.599. The van der Waals surface area contributed by atoms with E-state index in [0.717, 1.165) is 17.1 Å². The van der Waals surface area contributed by atoms with Crippen LogP contribution in [0, 0.1) is 6.92 Å². The van der Waals surface area contributed by atoms with Crippen LogP contribution in [0.1, 0.15) is 30.0 Å². The molecule has 1 atom stereocenters. The Balaban J connectivity index is 1.73. The van der Waals surface area contributed by atoms with Gasteiger partial charge in [-0.3, -0.25) is 4.79 Å². The Morgan fingerprint density at radius 3 is 2.80 bits per heavy atom. The Kier molecular flexibility index (Phi) is 4.90. The Morgan fingerprint density at radius 2 is 2.15 bits per heavy atom. The summed E-state index contributed by atoms with van der Waals surface area (Å²) in [4.78, 5) is 19.0. The highest BCUT2D eigenvalue weighted by molar-refractivity contribution is 5.77. The number of carbonyl (C=O) groups is 1. The number of imidazole rings is 1. The molecule has 0 unspecified atom stereocenters. The van der Waals surface area contributed by atoms with Gasteiger partial charge in [0.05, 0.1) is 12.6 Å². The zero-order valence-electron chi connectivity index (χ0n) is 11.7. The molecule has 0 aliphatic heterocycles. The second-order valence-corrected chi connectivity index (χ2v) is 4.72. The van der Waals surface area contributed by atoms with Crippen LogP contribution in [0.3, 0.4) is 0 Å². The van der Waals surface area contributed by atoms with Crippen molar-refractivity contribution < 1.29 is 9.53 Å². The molecule has 0 bridgehead atoms. The SMILES string of the molecule is Cc1cnc([C@@H](C)NC(=O)COCc2ccccc2)[nH]1. The van der Waals surface area contributed by atoms with E-state index in [2.05, 4.69) is 15.3 Å². The van der Waals surface area contributed by atoms with Crippen molar-refractivity contribution >= 4 is 5.91 Å². The number of ether oxygens (including phenoxy) is 1. The van der Waals surface area contributed by atoms with Gasteiger partial charge < -0.3 is 15.0 Å². The van der Waals surface area contributed by atoms with Gasteiger partial charge in [-0.25, -0.2) is 4.98 Å². The summed E-state index contributed by atoms with van der Waals surface area (Å²) in [6.45, 7) is 4.28. The van der Waals surface area contributed by atoms with Crippen LogP contribution >= 0.6 is 0 Å². The van der Waals surface area contributed by atoms with E-state index in [0.29, 0.717) is 6.61 Å². The molecule has 2 aromatic rings. The minimum Gasteiger partial charge on any atom is -0.367 e. The molecule has 1 amide bonds. The maximum absolute atomic E-state index is 11.7. The normalized spacial score (nSPS) is 12.1. The number of carbonyl (C=O) groups excluding carboxylic acids is 1. The first kappa shape index (κ1) is 14.3. The number of aromatic nitrogens is 2. The number of amides is 1. The minimum absolute atomic E-state index is 0.0406. The molecule has 106 valence electrons. The lowest BCUT2D eigenvalue weighted by molar-refractivity contribution is -0.126. The third kappa shape index (κ3) is 4.20. The number of aryl methyl sites for hydroxylation is 1. The molecule has 20 heavy (non-hydrogen) atoms. The van der Waals surface area contributed by atoms with Gasteiger partial charge in [-0.2, -0.15) is 0 Å². The molecule has 5 nitrogen and oxygen atoms in total. The van der Waals surface area contributed by atoms with Crippen molar-refractivity contribution in [3.63, 3.8) is 0 Å². The van der Waals surface area contributed by atoms with Gasteiger partial charge in [-0.15, -0.1) is 0 Å². The molecule has 0 saturated heterocycles.